The molecule has 1 rings (SSSR count). The van der Waals surface area contributed by atoms with E-state index in [0.29, 0.717) is 0 Å². The van der Waals surface area contributed by atoms with Gasteiger partial charge in [0.2, 0.25) is 0 Å². The largest absolute Gasteiger partial charge is 0.356 e. The number of nitrogens with one attached hydrogen (secondary N) is 2. The van der Waals surface area contributed by atoms with E-state index in [0.717, 1.165) is 37.1 Å². The Morgan fingerprint density at radius 3 is 2.68 bits per heavy atom. The van der Waals surface area contributed by atoms with E-state index in [-0.39, 0.29) is 0 Å². The molecule has 4 nitrogen and oxygen atoms in total. The third-order valence-corrected chi connectivity index (χ3v) is 4.13. The van der Waals surface area contributed by atoms with Crippen molar-refractivity contribution in [3.05, 3.63) is 12.7 Å². The number of thioether (sulfide) groups is 1. The molecule has 0 saturated carbocycles. The van der Waals surface area contributed by atoms with E-state index in [2.05, 4.69) is 27.1 Å². The Labute approximate surface area is 122 Å². The predicted octanol–water partition coefficient (Wildman–Crippen LogP) is 1.56. The first-order valence-corrected chi connectivity index (χ1v) is 8.38. The van der Waals surface area contributed by atoms with Gasteiger partial charge in [-0.25, -0.2) is 0 Å². The molecule has 110 valence electrons. The number of rotatable bonds is 8. The van der Waals surface area contributed by atoms with E-state index in [9.17, 15) is 0 Å². The van der Waals surface area contributed by atoms with Crippen LogP contribution in [0.5, 0.6) is 0 Å². The molecule has 0 unspecified atom stereocenters. The van der Waals surface area contributed by atoms with Crippen LogP contribution >= 0.6 is 11.8 Å². The topological polar surface area (TPSA) is 39.7 Å². The molecule has 0 aliphatic carbocycles. The van der Waals surface area contributed by atoms with Crippen LogP contribution in [0.25, 0.3) is 0 Å². The fourth-order valence-corrected chi connectivity index (χ4v) is 2.72. The van der Waals surface area contributed by atoms with Gasteiger partial charge in [0.1, 0.15) is 0 Å². The fraction of sp³-hybridized carbons (Fsp3) is 0.786. The van der Waals surface area contributed by atoms with Crippen molar-refractivity contribution in [2.45, 2.75) is 19.3 Å². The summed E-state index contributed by atoms with van der Waals surface area (Å²) < 4.78 is 0. The van der Waals surface area contributed by atoms with Gasteiger partial charge < -0.3 is 15.5 Å². The molecule has 0 spiro atoms. The van der Waals surface area contributed by atoms with Crippen LogP contribution in [0.4, 0.5) is 0 Å². The number of aliphatic imine (C=N–C) groups is 1. The van der Waals surface area contributed by atoms with Crippen molar-refractivity contribution in [1.82, 2.24) is 15.5 Å². The number of hydrogen-bond donors (Lipinski definition) is 2. The maximum absolute atomic E-state index is 4.23. The fourth-order valence-electron chi connectivity index (χ4n) is 2.14. The first-order valence-electron chi connectivity index (χ1n) is 7.22. The van der Waals surface area contributed by atoms with Crippen LogP contribution in [-0.4, -0.2) is 62.1 Å². The highest BCUT2D eigenvalue weighted by Gasteiger charge is 2.09. The minimum atomic E-state index is 0.913. The van der Waals surface area contributed by atoms with Crippen molar-refractivity contribution in [2.75, 3.05) is 51.3 Å². The molecule has 0 aromatic rings. The second-order valence-corrected chi connectivity index (χ2v) is 5.84. The van der Waals surface area contributed by atoms with Gasteiger partial charge in [0.15, 0.2) is 5.96 Å². The molecule has 2 N–H and O–H groups in total. The second-order valence-electron chi connectivity index (χ2n) is 4.69. The molecule has 5 heteroatoms. The number of likely N-dealkylation sites (tertiary alicyclic amines) is 1. The molecule has 0 aromatic carbocycles. The zero-order chi connectivity index (χ0) is 13.8. The van der Waals surface area contributed by atoms with Crippen LogP contribution in [0.2, 0.25) is 0 Å². The first-order chi connectivity index (χ1) is 9.36. The average Bonchev–Trinajstić information content (AvgIpc) is 2.46. The lowest BCUT2D eigenvalue weighted by Crippen LogP contribution is -2.43. The highest BCUT2D eigenvalue weighted by Crippen LogP contribution is 2.07. The van der Waals surface area contributed by atoms with E-state index < -0.39 is 0 Å². The Balaban J connectivity index is 2.02. The lowest BCUT2D eigenvalue weighted by Gasteiger charge is -2.26. The second kappa shape index (κ2) is 11.2. The molecule has 0 radical (unpaired) electrons. The van der Waals surface area contributed by atoms with Gasteiger partial charge >= 0.3 is 0 Å². The lowest BCUT2D eigenvalue weighted by atomic mass is 10.1. The first kappa shape index (κ1) is 16.4. The summed E-state index contributed by atoms with van der Waals surface area (Å²) >= 11 is 1.88. The minimum absolute atomic E-state index is 0.913. The number of piperidine rings is 1. The number of guanidine groups is 1. The molecule has 1 saturated heterocycles. The summed E-state index contributed by atoms with van der Waals surface area (Å²) in [5.41, 5.74) is 0. The molecule has 1 fully saturated rings. The molecule has 1 aliphatic rings. The monoisotopic (exact) mass is 284 g/mol. The van der Waals surface area contributed by atoms with Gasteiger partial charge in [-0.1, -0.05) is 12.5 Å². The van der Waals surface area contributed by atoms with Crippen molar-refractivity contribution in [2.24, 2.45) is 4.99 Å². The van der Waals surface area contributed by atoms with E-state index in [1.807, 2.05) is 24.9 Å². The molecule has 1 aliphatic heterocycles. The molecular weight excluding hydrogens is 256 g/mol. The molecule has 0 atom stereocenters. The minimum Gasteiger partial charge on any atom is -0.356 e. The molecular formula is C14H28N4S. The molecule has 19 heavy (non-hydrogen) atoms. The predicted molar refractivity (Wildman–Crippen MR) is 87.2 cm³/mol. The summed E-state index contributed by atoms with van der Waals surface area (Å²) in [6.45, 7) is 9.26. The quantitative estimate of drug-likeness (QED) is 0.307. The molecule has 1 heterocycles. The van der Waals surface area contributed by atoms with E-state index >= 15 is 0 Å². The summed E-state index contributed by atoms with van der Waals surface area (Å²) in [5, 5.41) is 6.71. The smallest absolute Gasteiger partial charge is 0.191 e. The van der Waals surface area contributed by atoms with Crippen LogP contribution in [0, 0.1) is 0 Å². The summed E-state index contributed by atoms with van der Waals surface area (Å²) in [4.78, 5) is 6.77. The van der Waals surface area contributed by atoms with E-state index in [4.69, 9.17) is 0 Å². The Bertz CT molecular complexity index is 262. The van der Waals surface area contributed by atoms with Gasteiger partial charge in [0, 0.05) is 38.2 Å². The van der Waals surface area contributed by atoms with Crippen molar-refractivity contribution in [1.29, 1.82) is 0 Å². The van der Waals surface area contributed by atoms with Crippen LogP contribution in [0.15, 0.2) is 17.6 Å². The maximum atomic E-state index is 4.23. The van der Waals surface area contributed by atoms with Crippen molar-refractivity contribution < 1.29 is 0 Å². The van der Waals surface area contributed by atoms with Crippen LogP contribution < -0.4 is 10.6 Å². The van der Waals surface area contributed by atoms with E-state index in [1.54, 1.807) is 0 Å². The molecule has 0 bridgehead atoms. The Hall–Kier alpha value is -0.680. The van der Waals surface area contributed by atoms with Crippen LogP contribution in [-0.2, 0) is 0 Å². The van der Waals surface area contributed by atoms with E-state index in [1.165, 1.54) is 32.4 Å². The van der Waals surface area contributed by atoms with Crippen molar-refractivity contribution in [3.63, 3.8) is 0 Å². The van der Waals surface area contributed by atoms with Gasteiger partial charge in [-0.15, -0.1) is 6.58 Å². The van der Waals surface area contributed by atoms with Crippen molar-refractivity contribution >= 4 is 17.7 Å². The summed E-state index contributed by atoms with van der Waals surface area (Å²) in [7, 11) is 1.83. The van der Waals surface area contributed by atoms with Gasteiger partial charge in [-0.3, -0.25) is 4.99 Å². The Kier molecular flexibility index (Phi) is 9.63. The maximum Gasteiger partial charge on any atom is 0.191 e. The highest BCUT2D eigenvalue weighted by molar-refractivity contribution is 7.99. The molecule has 0 amide bonds. The standard InChI is InChI=1S/C14H28N4S/c1-3-12-19-13-8-17-14(15-2)16-7-11-18-9-5-4-6-10-18/h3H,1,4-13H2,2H3,(H2,15,16,17). The highest BCUT2D eigenvalue weighted by atomic mass is 32.2. The third kappa shape index (κ3) is 8.16. The Morgan fingerprint density at radius 1 is 1.26 bits per heavy atom. The zero-order valence-corrected chi connectivity index (χ0v) is 13.0. The van der Waals surface area contributed by atoms with Crippen LogP contribution in [0.3, 0.4) is 0 Å². The van der Waals surface area contributed by atoms with Crippen LogP contribution in [0.1, 0.15) is 19.3 Å². The summed E-state index contributed by atoms with van der Waals surface area (Å²) in [5.74, 6) is 3.01. The third-order valence-electron chi connectivity index (χ3n) is 3.17. The van der Waals surface area contributed by atoms with Gasteiger partial charge in [-0.05, 0) is 25.9 Å². The normalized spacial score (nSPS) is 17.2. The summed E-state index contributed by atoms with van der Waals surface area (Å²) in [6.07, 6.45) is 6.05. The van der Waals surface area contributed by atoms with Gasteiger partial charge in [-0.2, -0.15) is 11.8 Å². The average molecular weight is 284 g/mol. The van der Waals surface area contributed by atoms with Gasteiger partial charge in [0.25, 0.3) is 0 Å². The molecule has 0 aromatic heterocycles. The summed E-state index contributed by atoms with van der Waals surface area (Å²) in [6, 6.07) is 0. The SMILES string of the molecule is C=CCSCCNC(=NC)NCCN1CCCCC1. The van der Waals surface area contributed by atoms with Gasteiger partial charge in [0.05, 0.1) is 0 Å². The lowest BCUT2D eigenvalue weighted by molar-refractivity contribution is 0.232. The van der Waals surface area contributed by atoms with Crippen molar-refractivity contribution in [3.8, 4) is 0 Å². The number of nitrogens with zero attached hydrogens (tertiary/aromatic N) is 2. The Morgan fingerprint density at radius 2 is 2.00 bits per heavy atom. The number of hydrogen-bond acceptors (Lipinski definition) is 3. The zero-order valence-electron chi connectivity index (χ0n) is 12.2.